The van der Waals surface area contributed by atoms with Crippen molar-refractivity contribution in [3.63, 3.8) is 0 Å². The van der Waals surface area contributed by atoms with E-state index in [0.29, 0.717) is 19.4 Å². The molecule has 1 amide bonds. The number of hydrogen-bond donors (Lipinski definition) is 1. The Balaban J connectivity index is 1.70. The zero-order valence-corrected chi connectivity index (χ0v) is 14.7. The first-order valence-electron chi connectivity index (χ1n) is 7.67. The highest BCUT2D eigenvalue weighted by atomic mass is 32.2. The van der Waals surface area contributed by atoms with Crippen LogP contribution in [0.2, 0.25) is 0 Å². The Morgan fingerprint density at radius 3 is 2.72 bits per heavy atom. The van der Waals surface area contributed by atoms with Crippen molar-refractivity contribution in [1.29, 1.82) is 0 Å². The van der Waals surface area contributed by atoms with Gasteiger partial charge < -0.3 is 5.32 Å². The monoisotopic (exact) mass is 386 g/mol. The Morgan fingerprint density at radius 1 is 1.24 bits per heavy atom. The van der Waals surface area contributed by atoms with Crippen LogP contribution in [-0.4, -0.2) is 31.7 Å². The molecule has 134 valence electrons. The molecule has 9 heteroatoms. The number of carbonyl (C=O) groups excluding carboxylic acids is 1. The van der Waals surface area contributed by atoms with E-state index in [-0.39, 0.29) is 16.4 Å². The predicted octanol–water partition coefficient (Wildman–Crippen LogP) is 3.07. The van der Waals surface area contributed by atoms with Crippen LogP contribution in [-0.2, 0) is 14.8 Å². The van der Waals surface area contributed by atoms with Crippen molar-refractivity contribution in [2.45, 2.75) is 17.1 Å². The van der Waals surface area contributed by atoms with Crippen molar-refractivity contribution in [1.82, 2.24) is 4.31 Å². The van der Waals surface area contributed by atoms with Gasteiger partial charge in [-0.05, 0) is 36.4 Å². The summed E-state index contributed by atoms with van der Waals surface area (Å²) in [6.45, 7) is 0.422. The first kappa shape index (κ1) is 18.0. The molecule has 0 unspecified atom stereocenters. The van der Waals surface area contributed by atoms with E-state index in [1.807, 2.05) is 0 Å². The minimum Gasteiger partial charge on any atom is -0.326 e. The van der Waals surface area contributed by atoms with E-state index in [4.69, 9.17) is 0 Å². The zero-order chi connectivity index (χ0) is 18.0. The molecule has 5 nitrogen and oxygen atoms in total. The lowest BCUT2D eigenvalue weighted by Gasteiger charge is -2.30. The van der Waals surface area contributed by atoms with Crippen LogP contribution in [0.15, 0.2) is 39.9 Å². The number of thiophene rings is 1. The third kappa shape index (κ3) is 3.88. The standard InChI is InChI=1S/C16H16F2N2O3S2/c17-13-6-5-12(9-14(13)18)19-16(21)11-3-1-7-20(10-11)25(22,23)15-4-2-8-24-15/h2,4-6,8-9,11H,1,3,7,10H2,(H,19,21)/t11-/m0/s1. The number of rotatable bonds is 4. The van der Waals surface area contributed by atoms with E-state index in [1.54, 1.807) is 11.4 Å². The fourth-order valence-corrected chi connectivity index (χ4v) is 5.40. The Labute approximate surface area is 148 Å². The minimum absolute atomic E-state index is 0.0652. The van der Waals surface area contributed by atoms with Gasteiger partial charge in [0.2, 0.25) is 5.91 Å². The van der Waals surface area contributed by atoms with Gasteiger partial charge in [-0.2, -0.15) is 4.31 Å². The molecule has 1 aromatic heterocycles. The first-order chi connectivity index (χ1) is 11.9. The van der Waals surface area contributed by atoms with Crippen molar-refractivity contribution in [3.05, 3.63) is 47.3 Å². The molecule has 2 heterocycles. The van der Waals surface area contributed by atoms with E-state index < -0.39 is 33.5 Å². The maximum Gasteiger partial charge on any atom is 0.252 e. The number of hydrogen-bond acceptors (Lipinski definition) is 4. The number of anilines is 1. The normalized spacial score (nSPS) is 18.9. The summed E-state index contributed by atoms with van der Waals surface area (Å²) in [4.78, 5) is 12.4. The number of nitrogens with one attached hydrogen (secondary N) is 1. The van der Waals surface area contributed by atoms with Crippen LogP contribution in [0.1, 0.15) is 12.8 Å². The Bertz CT molecular complexity index is 870. The summed E-state index contributed by atoms with van der Waals surface area (Å²) >= 11 is 1.13. The van der Waals surface area contributed by atoms with E-state index in [1.165, 1.54) is 16.4 Å². The van der Waals surface area contributed by atoms with Gasteiger partial charge in [-0.3, -0.25) is 4.79 Å². The van der Waals surface area contributed by atoms with Crippen molar-refractivity contribution in [2.75, 3.05) is 18.4 Å². The topological polar surface area (TPSA) is 66.5 Å². The number of sulfonamides is 1. The quantitative estimate of drug-likeness (QED) is 0.878. The van der Waals surface area contributed by atoms with E-state index in [9.17, 15) is 22.0 Å². The lowest BCUT2D eigenvalue weighted by molar-refractivity contribution is -0.120. The van der Waals surface area contributed by atoms with E-state index in [2.05, 4.69) is 5.32 Å². The lowest BCUT2D eigenvalue weighted by Crippen LogP contribution is -2.43. The maximum atomic E-state index is 13.2. The largest absolute Gasteiger partial charge is 0.326 e. The fraction of sp³-hybridized carbons (Fsp3) is 0.312. The van der Waals surface area contributed by atoms with Crippen LogP contribution in [0, 0.1) is 17.6 Å². The van der Waals surface area contributed by atoms with Gasteiger partial charge in [0, 0.05) is 24.8 Å². The van der Waals surface area contributed by atoms with E-state index >= 15 is 0 Å². The highest BCUT2D eigenvalue weighted by Crippen LogP contribution is 2.27. The van der Waals surface area contributed by atoms with Crippen molar-refractivity contribution >= 4 is 33.0 Å². The average molecular weight is 386 g/mol. The number of halogens is 2. The molecule has 0 spiro atoms. The Morgan fingerprint density at radius 2 is 2.04 bits per heavy atom. The minimum atomic E-state index is -3.61. The molecule has 1 aliphatic rings. The van der Waals surface area contributed by atoms with Gasteiger partial charge in [0.05, 0.1) is 5.92 Å². The second-order valence-corrected chi connectivity index (χ2v) is 8.86. The molecular weight excluding hydrogens is 370 g/mol. The molecule has 0 bridgehead atoms. The number of nitrogens with zero attached hydrogens (tertiary/aromatic N) is 1. The summed E-state index contributed by atoms with van der Waals surface area (Å²) in [6, 6.07) is 6.29. The van der Waals surface area contributed by atoms with Crippen LogP contribution in [0.4, 0.5) is 14.5 Å². The van der Waals surface area contributed by atoms with Crippen LogP contribution in [0.3, 0.4) is 0 Å². The number of benzene rings is 1. The molecule has 1 saturated heterocycles. The molecule has 1 aromatic carbocycles. The van der Waals surface area contributed by atoms with Gasteiger partial charge in [0.15, 0.2) is 11.6 Å². The molecule has 1 atom stereocenters. The molecule has 0 aliphatic carbocycles. The number of piperidine rings is 1. The molecule has 1 N–H and O–H groups in total. The van der Waals surface area contributed by atoms with Crippen LogP contribution in [0.5, 0.6) is 0 Å². The molecule has 2 aromatic rings. The highest BCUT2D eigenvalue weighted by molar-refractivity contribution is 7.91. The smallest absolute Gasteiger partial charge is 0.252 e. The third-order valence-electron chi connectivity index (χ3n) is 4.03. The van der Waals surface area contributed by atoms with Crippen molar-refractivity contribution in [3.8, 4) is 0 Å². The van der Waals surface area contributed by atoms with Gasteiger partial charge in [0.25, 0.3) is 10.0 Å². The number of carbonyl (C=O) groups is 1. The molecule has 0 radical (unpaired) electrons. The molecule has 1 fully saturated rings. The van der Waals surface area contributed by atoms with E-state index in [0.717, 1.165) is 23.5 Å². The predicted molar refractivity (Wildman–Crippen MR) is 90.8 cm³/mol. The SMILES string of the molecule is O=C(Nc1ccc(F)c(F)c1)[C@H]1CCCN(S(=O)(=O)c2cccs2)C1. The van der Waals surface area contributed by atoms with Crippen LogP contribution >= 0.6 is 11.3 Å². The highest BCUT2D eigenvalue weighted by Gasteiger charge is 2.33. The molecule has 25 heavy (non-hydrogen) atoms. The fourth-order valence-electron chi connectivity index (χ4n) is 2.73. The van der Waals surface area contributed by atoms with Gasteiger partial charge in [0.1, 0.15) is 4.21 Å². The van der Waals surface area contributed by atoms with Crippen LogP contribution in [0.25, 0.3) is 0 Å². The maximum absolute atomic E-state index is 13.2. The number of amides is 1. The zero-order valence-electron chi connectivity index (χ0n) is 13.1. The van der Waals surface area contributed by atoms with Gasteiger partial charge in [-0.1, -0.05) is 6.07 Å². The Hall–Kier alpha value is -1.84. The summed E-state index contributed by atoms with van der Waals surface area (Å²) in [5.41, 5.74) is 0.141. The molecule has 1 aliphatic heterocycles. The molecular formula is C16H16F2N2O3S2. The summed E-state index contributed by atoms with van der Waals surface area (Å²) in [6.07, 6.45) is 1.09. The second-order valence-electron chi connectivity index (χ2n) is 5.75. The molecule has 3 rings (SSSR count). The summed E-state index contributed by atoms with van der Waals surface area (Å²) in [7, 11) is -3.61. The van der Waals surface area contributed by atoms with Gasteiger partial charge in [-0.15, -0.1) is 11.3 Å². The molecule has 0 saturated carbocycles. The third-order valence-corrected chi connectivity index (χ3v) is 7.27. The van der Waals surface area contributed by atoms with Gasteiger partial charge in [-0.25, -0.2) is 17.2 Å². The summed E-state index contributed by atoms with van der Waals surface area (Å²) in [5.74, 6) is -3.00. The average Bonchev–Trinajstić information content (AvgIpc) is 3.14. The van der Waals surface area contributed by atoms with Crippen molar-refractivity contribution in [2.24, 2.45) is 5.92 Å². The van der Waals surface area contributed by atoms with Gasteiger partial charge >= 0.3 is 0 Å². The van der Waals surface area contributed by atoms with Crippen molar-refractivity contribution < 1.29 is 22.0 Å². The lowest BCUT2D eigenvalue weighted by atomic mass is 9.98. The summed E-state index contributed by atoms with van der Waals surface area (Å²) < 4.78 is 52.9. The second kappa shape index (κ2) is 7.19. The van der Waals surface area contributed by atoms with Crippen LogP contribution < -0.4 is 5.32 Å². The summed E-state index contributed by atoms with van der Waals surface area (Å²) in [5, 5.41) is 4.21. The first-order valence-corrected chi connectivity index (χ1v) is 9.99. The Kier molecular flexibility index (Phi) is 5.16.